The normalized spacial score (nSPS) is 15.1. The van der Waals surface area contributed by atoms with Crippen LogP contribution in [0.25, 0.3) is 0 Å². The number of carbonyl (C=O) groups excluding carboxylic acids is 1. The molecule has 1 aliphatic rings. The molecule has 0 radical (unpaired) electrons. The fourth-order valence-electron chi connectivity index (χ4n) is 2.47. The minimum Gasteiger partial charge on any atom is -0.357 e. The molecule has 0 spiro atoms. The van der Waals surface area contributed by atoms with Crippen LogP contribution in [0.3, 0.4) is 0 Å². The van der Waals surface area contributed by atoms with Crippen molar-refractivity contribution in [3.05, 3.63) is 16.1 Å². The topological polar surface area (TPSA) is 78.4 Å². The molecule has 6 nitrogen and oxygen atoms in total. The van der Waals surface area contributed by atoms with Gasteiger partial charge in [0, 0.05) is 30.9 Å². The molecule has 1 aromatic heterocycles. The van der Waals surface area contributed by atoms with Gasteiger partial charge in [0.15, 0.2) is 5.96 Å². The van der Waals surface area contributed by atoms with E-state index in [4.69, 9.17) is 0 Å². The molecular formula is C18H31N5OS. The number of hydrogen-bond donors (Lipinski definition) is 3. The number of thiazole rings is 1. The van der Waals surface area contributed by atoms with Crippen molar-refractivity contribution in [1.29, 1.82) is 0 Å². The summed E-state index contributed by atoms with van der Waals surface area (Å²) < 4.78 is 0. The van der Waals surface area contributed by atoms with E-state index in [0.717, 1.165) is 49.0 Å². The van der Waals surface area contributed by atoms with E-state index in [1.54, 1.807) is 11.3 Å². The van der Waals surface area contributed by atoms with Crippen molar-refractivity contribution < 1.29 is 4.79 Å². The lowest BCUT2D eigenvalue weighted by Gasteiger charge is -2.24. The monoisotopic (exact) mass is 365 g/mol. The first kappa shape index (κ1) is 19.7. The molecule has 7 heteroatoms. The van der Waals surface area contributed by atoms with E-state index < -0.39 is 0 Å². The number of aromatic nitrogens is 1. The van der Waals surface area contributed by atoms with Crippen LogP contribution in [-0.4, -0.2) is 36.5 Å². The molecule has 25 heavy (non-hydrogen) atoms. The minimum absolute atomic E-state index is 0.219. The molecule has 2 rings (SSSR count). The maximum absolute atomic E-state index is 11.8. The smallest absolute Gasteiger partial charge is 0.223 e. The van der Waals surface area contributed by atoms with Crippen molar-refractivity contribution in [3.63, 3.8) is 0 Å². The second-order valence-corrected chi connectivity index (χ2v) is 7.66. The SMILES string of the molecule is CCNC(=NCc1nc(C(C)C)cs1)NCCCNC(=O)C1CCC1. The van der Waals surface area contributed by atoms with Gasteiger partial charge in [-0.05, 0) is 32.1 Å². The summed E-state index contributed by atoms with van der Waals surface area (Å²) in [6.07, 6.45) is 4.19. The van der Waals surface area contributed by atoms with Gasteiger partial charge in [-0.25, -0.2) is 9.98 Å². The van der Waals surface area contributed by atoms with E-state index in [1.807, 2.05) is 0 Å². The molecule has 0 bridgehead atoms. The molecule has 1 heterocycles. The Morgan fingerprint density at radius 1 is 1.32 bits per heavy atom. The second kappa shape index (κ2) is 10.4. The Morgan fingerprint density at radius 2 is 2.08 bits per heavy atom. The molecule has 3 N–H and O–H groups in total. The van der Waals surface area contributed by atoms with Crippen LogP contribution in [0, 0.1) is 5.92 Å². The highest BCUT2D eigenvalue weighted by atomic mass is 32.1. The minimum atomic E-state index is 0.219. The van der Waals surface area contributed by atoms with Gasteiger partial charge in [0.05, 0.1) is 12.2 Å². The lowest BCUT2D eigenvalue weighted by molar-refractivity contribution is -0.127. The van der Waals surface area contributed by atoms with Crippen molar-refractivity contribution in [2.45, 2.75) is 58.9 Å². The van der Waals surface area contributed by atoms with Gasteiger partial charge >= 0.3 is 0 Å². The number of nitrogens with zero attached hydrogens (tertiary/aromatic N) is 2. The molecule has 140 valence electrons. The van der Waals surface area contributed by atoms with Crippen molar-refractivity contribution >= 4 is 23.2 Å². The van der Waals surface area contributed by atoms with Crippen molar-refractivity contribution in [2.24, 2.45) is 10.9 Å². The summed E-state index contributed by atoms with van der Waals surface area (Å²) >= 11 is 1.66. The van der Waals surface area contributed by atoms with E-state index in [9.17, 15) is 4.79 Å². The van der Waals surface area contributed by atoms with Crippen molar-refractivity contribution in [3.8, 4) is 0 Å². The maximum atomic E-state index is 11.8. The number of amides is 1. The predicted octanol–water partition coefficient (Wildman–Crippen LogP) is 2.63. The highest BCUT2D eigenvalue weighted by molar-refractivity contribution is 7.09. The third-order valence-corrected chi connectivity index (χ3v) is 5.15. The van der Waals surface area contributed by atoms with Gasteiger partial charge in [0.25, 0.3) is 0 Å². The van der Waals surface area contributed by atoms with Crippen LogP contribution in [0.2, 0.25) is 0 Å². The highest BCUT2D eigenvalue weighted by Gasteiger charge is 2.24. The quantitative estimate of drug-likeness (QED) is 0.357. The van der Waals surface area contributed by atoms with Crippen LogP contribution in [0.1, 0.15) is 63.1 Å². The second-order valence-electron chi connectivity index (χ2n) is 6.72. The zero-order valence-corrected chi connectivity index (χ0v) is 16.4. The lowest BCUT2D eigenvalue weighted by atomic mass is 9.85. The molecule has 0 atom stereocenters. The summed E-state index contributed by atoms with van der Waals surface area (Å²) in [6.45, 7) is 9.26. The van der Waals surface area contributed by atoms with Crippen LogP contribution in [0.4, 0.5) is 0 Å². The molecule has 0 saturated heterocycles. The fourth-order valence-corrected chi connectivity index (χ4v) is 3.35. The van der Waals surface area contributed by atoms with Crippen molar-refractivity contribution in [1.82, 2.24) is 20.9 Å². The van der Waals surface area contributed by atoms with E-state index >= 15 is 0 Å². The lowest BCUT2D eigenvalue weighted by Crippen LogP contribution is -2.39. The van der Waals surface area contributed by atoms with Crippen LogP contribution in [0.5, 0.6) is 0 Å². The largest absolute Gasteiger partial charge is 0.357 e. The third kappa shape index (κ3) is 6.65. The summed E-state index contributed by atoms with van der Waals surface area (Å²) in [5, 5.41) is 12.7. The summed E-state index contributed by atoms with van der Waals surface area (Å²) in [5.74, 6) is 1.74. The molecule has 0 unspecified atom stereocenters. The summed E-state index contributed by atoms with van der Waals surface area (Å²) in [7, 11) is 0. The van der Waals surface area contributed by atoms with Gasteiger partial charge in [0.1, 0.15) is 5.01 Å². The molecule has 0 aromatic carbocycles. The first-order valence-corrected chi connectivity index (χ1v) is 10.2. The first-order valence-electron chi connectivity index (χ1n) is 9.34. The van der Waals surface area contributed by atoms with E-state index in [0.29, 0.717) is 19.0 Å². The number of carbonyl (C=O) groups is 1. The molecule has 1 aliphatic carbocycles. The summed E-state index contributed by atoms with van der Waals surface area (Å²) in [5.41, 5.74) is 1.13. The average molecular weight is 366 g/mol. The molecule has 1 aromatic rings. The van der Waals surface area contributed by atoms with E-state index in [-0.39, 0.29) is 11.8 Å². The van der Waals surface area contributed by atoms with Gasteiger partial charge in [-0.3, -0.25) is 4.79 Å². The number of guanidine groups is 1. The Morgan fingerprint density at radius 3 is 2.68 bits per heavy atom. The number of rotatable bonds is 9. The molecular weight excluding hydrogens is 334 g/mol. The average Bonchev–Trinajstić information content (AvgIpc) is 2.99. The highest BCUT2D eigenvalue weighted by Crippen LogP contribution is 2.26. The van der Waals surface area contributed by atoms with Gasteiger partial charge in [0.2, 0.25) is 5.91 Å². The molecule has 1 amide bonds. The molecule has 1 fully saturated rings. The Balaban J connectivity index is 1.68. The number of hydrogen-bond acceptors (Lipinski definition) is 4. The fraction of sp³-hybridized carbons (Fsp3) is 0.722. The Labute approximate surface area is 154 Å². The zero-order chi connectivity index (χ0) is 18.1. The van der Waals surface area contributed by atoms with Crippen LogP contribution in [-0.2, 0) is 11.3 Å². The third-order valence-electron chi connectivity index (χ3n) is 4.30. The van der Waals surface area contributed by atoms with Gasteiger partial charge in [-0.2, -0.15) is 0 Å². The number of aliphatic imine (C=N–C) groups is 1. The Bertz CT molecular complexity index is 566. The summed E-state index contributed by atoms with van der Waals surface area (Å²) in [6, 6.07) is 0. The van der Waals surface area contributed by atoms with Crippen LogP contribution >= 0.6 is 11.3 Å². The first-order chi connectivity index (χ1) is 12.1. The van der Waals surface area contributed by atoms with Gasteiger partial charge < -0.3 is 16.0 Å². The van der Waals surface area contributed by atoms with Crippen LogP contribution in [0.15, 0.2) is 10.4 Å². The van der Waals surface area contributed by atoms with E-state index in [2.05, 4.69) is 52.1 Å². The zero-order valence-electron chi connectivity index (χ0n) is 15.6. The van der Waals surface area contributed by atoms with Gasteiger partial charge in [-0.1, -0.05) is 20.3 Å². The standard InChI is InChI=1S/C18H31N5OS/c1-4-19-18(22-11-16-23-15(12-25-16)13(2)3)21-10-6-9-20-17(24)14-7-5-8-14/h12-14H,4-11H2,1-3H3,(H,20,24)(H2,19,21,22). The maximum Gasteiger partial charge on any atom is 0.223 e. The summed E-state index contributed by atoms with van der Waals surface area (Å²) in [4.78, 5) is 21.0. The van der Waals surface area contributed by atoms with Crippen LogP contribution < -0.4 is 16.0 Å². The predicted molar refractivity (Wildman–Crippen MR) is 104 cm³/mol. The Hall–Kier alpha value is -1.63. The number of nitrogens with one attached hydrogen (secondary N) is 3. The van der Waals surface area contributed by atoms with Crippen molar-refractivity contribution in [2.75, 3.05) is 19.6 Å². The van der Waals surface area contributed by atoms with Gasteiger partial charge in [-0.15, -0.1) is 11.3 Å². The molecule has 1 saturated carbocycles. The van der Waals surface area contributed by atoms with E-state index in [1.165, 1.54) is 6.42 Å². The molecule has 0 aliphatic heterocycles. The Kier molecular flexibility index (Phi) is 8.18.